The molecule has 2 aromatic carbocycles. The van der Waals surface area contributed by atoms with Crippen LogP contribution in [0.3, 0.4) is 0 Å². The van der Waals surface area contributed by atoms with Crippen LogP contribution >= 0.6 is 0 Å². The number of carbonyl (C=O) groups excluding carboxylic acids is 2. The molecule has 0 saturated carbocycles. The Morgan fingerprint density at radius 2 is 1.80 bits per heavy atom. The third-order valence-corrected chi connectivity index (χ3v) is 3.43. The first-order valence-corrected chi connectivity index (χ1v) is 7.43. The lowest BCUT2D eigenvalue weighted by molar-refractivity contribution is -0.122. The van der Waals surface area contributed by atoms with E-state index in [9.17, 15) is 18.4 Å². The summed E-state index contributed by atoms with van der Waals surface area (Å²) in [5.74, 6) is -1.83. The number of hydrogen-bond donors (Lipinski definition) is 1. The monoisotopic (exact) mass is 349 g/mol. The van der Waals surface area contributed by atoms with Crippen molar-refractivity contribution in [3.05, 3.63) is 53.6 Å². The predicted octanol–water partition coefficient (Wildman–Crippen LogP) is 3.58. The zero-order valence-electron chi connectivity index (χ0n) is 13.9. The molecule has 7 heteroatoms. The molecule has 0 aliphatic carbocycles. The fourth-order valence-electron chi connectivity index (χ4n) is 2.05. The number of methoxy groups -OCH3 is 1. The number of hydrogen-bond acceptors (Lipinski definition) is 4. The summed E-state index contributed by atoms with van der Waals surface area (Å²) in [6.45, 7) is 2.89. The molecule has 0 radical (unpaired) electrons. The standard InChI is InChI=1S/C18H17F2NO4/c1-10(22)12-4-7-16(17(8-12)24-3)25-11(2)18(23)21-15-6-5-13(19)9-14(15)20/h4-9,11H,1-3H3,(H,21,23)/t11-/m1/s1. The number of halogens is 2. The Bertz CT molecular complexity index is 808. The molecular weight excluding hydrogens is 332 g/mol. The number of Topliss-reactive ketones (excluding diaryl/α,β-unsaturated/α-hetero) is 1. The van der Waals surface area contributed by atoms with Gasteiger partial charge in [0.25, 0.3) is 5.91 Å². The van der Waals surface area contributed by atoms with Gasteiger partial charge in [-0.15, -0.1) is 0 Å². The molecule has 0 bridgehead atoms. The van der Waals surface area contributed by atoms with Crippen molar-refractivity contribution in [3.63, 3.8) is 0 Å². The van der Waals surface area contributed by atoms with Gasteiger partial charge < -0.3 is 14.8 Å². The number of anilines is 1. The van der Waals surface area contributed by atoms with Gasteiger partial charge in [0.2, 0.25) is 0 Å². The van der Waals surface area contributed by atoms with E-state index in [1.54, 1.807) is 6.07 Å². The van der Waals surface area contributed by atoms with Crippen LogP contribution in [0.4, 0.5) is 14.5 Å². The van der Waals surface area contributed by atoms with Gasteiger partial charge >= 0.3 is 0 Å². The summed E-state index contributed by atoms with van der Waals surface area (Å²) in [6, 6.07) is 7.39. The molecule has 2 aromatic rings. The second kappa shape index (κ2) is 7.74. The minimum absolute atomic E-state index is 0.137. The lowest BCUT2D eigenvalue weighted by Crippen LogP contribution is -2.30. The van der Waals surface area contributed by atoms with Crippen LogP contribution in [0.15, 0.2) is 36.4 Å². The molecule has 132 valence electrons. The number of ketones is 1. The van der Waals surface area contributed by atoms with Gasteiger partial charge in [0.1, 0.15) is 11.6 Å². The number of amides is 1. The summed E-state index contributed by atoms with van der Waals surface area (Å²) in [6.07, 6.45) is -0.985. The van der Waals surface area contributed by atoms with Crippen molar-refractivity contribution in [1.82, 2.24) is 0 Å². The Morgan fingerprint density at radius 3 is 2.40 bits per heavy atom. The van der Waals surface area contributed by atoms with Crippen LogP contribution in [0, 0.1) is 11.6 Å². The fourth-order valence-corrected chi connectivity index (χ4v) is 2.05. The zero-order valence-corrected chi connectivity index (χ0v) is 13.9. The smallest absolute Gasteiger partial charge is 0.265 e. The Labute approximate surface area is 143 Å². The minimum atomic E-state index is -0.985. The van der Waals surface area contributed by atoms with Crippen LogP contribution in [0.2, 0.25) is 0 Å². The molecular formula is C18H17F2NO4. The van der Waals surface area contributed by atoms with E-state index in [2.05, 4.69) is 5.32 Å². The van der Waals surface area contributed by atoms with E-state index in [0.717, 1.165) is 12.1 Å². The van der Waals surface area contributed by atoms with Crippen LogP contribution < -0.4 is 14.8 Å². The molecule has 0 aromatic heterocycles. The van der Waals surface area contributed by atoms with E-state index in [-0.39, 0.29) is 17.2 Å². The number of nitrogens with one attached hydrogen (secondary N) is 1. The SMILES string of the molecule is COc1cc(C(C)=O)ccc1O[C@H](C)C(=O)Nc1ccc(F)cc1F. The highest BCUT2D eigenvalue weighted by Crippen LogP contribution is 2.29. The molecule has 0 aliphatic rings. The molecule has 2 rings (SSSR count). The van der Waals surface area contributed by atoms with Crippen molar-refractivity contribution in [3.8, 4) is 11.5 Å². The molecule has 5 nitrogen and oxygen atoms in total. The van der Waals surface area contributed by atoms with E-state index in [1.165, 1.54) is 33.1 Å². The number of benzene rings is 2. The van der Waals surface area contributed by atoms with Crippen LogP contribution in [-0.2, 0) is 4.79 Å². The van der Waals surface area contributed by atoms with Crippen molar-refractivity contribution in [2.45, 2.75) is 20.0 Å². The van der Waals surface area contributed by atoms with Crippen molar-refractivity contribution in [2.24, 2.45) is 0 Å². The average Bonchev–Trinajstić information content (AvgIpc) is 2.57. The lowest BCUT2D eigenvalue weighted by atomic mass is 10.1. The van der Waals surface area contributed by atoms with Gasteiger partial charge in [0, 0.05) is 11.6 Å². The van der Waals surface area contributed by atoms with E-state index < -0.39 is 23.6 Å². The maximum Gasteiger partial charge on any atom is 0.265 e. The Kier molecular flexibility index (Phi) is 5.69. The normalized spacial score (nSPS) is 11.6. The van der Waals surface area contributed by atoms with Crippen molar-refractivity contribution < 1.29 is 27.8 Å². The Morgan fingerprint density at radius 1 is 1.08 bits per heavy atom. The molecule has 0 saturated heterocycles. The molecule has 1 atom stereocenters. The molecule has 0 aliphatic heterocycles. The van der Waals surface area contributed by atoms with Crippen LogP contribution in [0.25, 0.3) is 0 Å². The van der Waals surface area contributed by atoms with Gasteiger partial charge in [-0.3, -0.25) is 9.59 Å². The molecule has 0 heterocycles. The summed E-state index contributed by atoms with van der Waals surface area (Å²) in [4.78, 5) is 23.5. The first-order valence-electron chi connectivity index (χ1n) is 7.43. The van der Waals surface area contributed by atoms with Crippen LogP contribution in [0.5, 0.6) is 11.5 Å². The van der Waals surface area contributed by atoms with E-state index in [4.69, 9.17) is 9.47 Å². The maximum atomic E-state index is 13.6. The first-order chi connectivity index (χ1) is 11.8. The molecule has 0 unspecified atom stereocenters. The van der Waals surface area contributed by atoms with Gasteiger partial charge in [0.15, 0.2) is 23.4 Å². The topological polar surface area (TPSA) is 64.6 Å². The summed E-state index contributed by atoms with van der Waals surface area (Å²) in [5.41, 5.74) is 0.287. The van der Waals surface area contributed by atoms with Gasteiger partial charge in [0.05, 0.1) is 12.8 Å². The summed E-state index contributed by atoms with van der Waals surface area (Å²) in [7, 11) is 1.41. The van der Waals surface area contributed by atoms with E-state index >= 15 is 0 Å². The molecule has 25 heavy (non-hydrogen) atoms. The lowest BCUT2D eigenvalue weighted by Gasteiger charge is -2.17. The van der Waals surface area contributed by atoms with Crippen molar-refractivity contribution >= 4 is 17.4 Å². The third kappa shape index (κ3) is 4.53. The molecule has 0 fully saturated rings. The van der Waals surface area contributed by atoms with Gasteiger partial charge in [-0.2, -0.15) is 0 Å². The average molecular weight is 349 g/mol. The van der Waals surface area contributed by atoms with Crippen LogP contribution in [0.1, 0.15) is 24.2 Å². The number of rotatable bonds is 6. The second-order valence-corrected chi connectivity index (χ2v) is 5.30. The van der Waals surface area contributed by atoms with Gasteiger partial charge in [-0.05, 0) is 44.2 Å². The largest absolute Gasteiger partial charge is 0.493 e. The van der Waals surface area contributed by atoms with Crippen molar-refractivity contribution in [1.29, 1.82) is 0 Å². The minimum Gasteiger partial charge on any atom is -0.493 e. The highest BCUT2D eigenvalue weighted by molar-refractivity contribution is 5.95. The quantitative estimate of drug-likeness (QED) is 0.810. The maximum absolute atomic E-state index is 13.6. The summed E-state index contributed by atoms with van der Waals surface area (Å²) < 4.78 is 37.2. The van der Waals surface area contributed by atoms with Crippen molar-refractivity contribution in [2.75, 3.05) is 12.4 Å². The second-order valence-electron chi connectivity index (χ2n) is 5.30. The highest BCUT2D eigenvalue weighted by atomic mass is 19.1. The van der Waals surface area contributed by atoms with Gasteiger partial charge in [-0.25, -0.2) is 8.78 Å². The first kappa shape index (κ1) is 18.4. The molecule has 1 N–H and O–H groups in total. The zero-order chi connectivity index (χ0) is 18.6. The Balaban J connectivity index is 2.11. The fraction of sp³-hybridized carbons (Fsp3) is 0.222. The van der Waals surface area contributed by atoms with Crippen LogP contribution in [-0.4, -0.2) is 24.9 Å². The highest BCUT2D eigenvalue weighted by Gasteiger charge is 2.19. The molecule has 1 amide bonds. The van der Waals surface area contributed by atoms with Gasteiger partial charge in [-0.1, -0.05) is 0 Å². The predicted molar refractivity (Wildman–Crippen MR) is 88.1 cm³/mol. The summed E-state index contributed by atoms with van der Waals surface area (Å²) >= 11 is 0. The number of ether oxygens (including phenoxy) is 2. The van der Waals surface area contributed by atoms with E-state index in [1.807, 2.05) is 0 Å². The third-order valence-electron chi connectivity index (χ3n) is 3.43. The Hall–Kier alpha value is -2.96. The molecule has 0 spiro atoms. The number of carbonyl (C=O) groups is 2. The summed E-state index contributed by atoms with van der Waals surface area (Å²) in [5, 5.41) is 2.32. The van der Waals surface area contributed by atoms with E-state index in [0.29, 0.717) is 17.4 Å².